The van der Waals surface area contributed by atoms with Gasteiger partial charge in [0.15, 0.2) is 0 Å². The van der Waals surface area contributed by atoms with E-state index in [1.54, 1.807) is 0 Å². The predicted molar refractivity (Wildman–Crippen MR) is 345 cm³/mol. The Hall–Kier alpha value is -9.76. The number of nitrogens with zero attached hydrogens (tertiary/aromatic N) is 2. The quantitative estimate of drug-likeness (QED) is 0.125. The van der Waals surface area contributed by atoms with Gasteiger partial charge >= 0.3 is 0 Å². The molecule has 0 radical (unpaired) electrons. The molecule has 13 aromatic rings. The first kappa shape index (κ1) is 49.3. The Kier molecular flexibility index (Phi) is 11.7. The van der Waals surface area contributed by atoms with Crippen molar-refractivity contribution in [3.63, 3.8) is 0 Å². The number of hydrogen-bond donors (Lipinski definition) is 0. The van der Waals surface area contributed by atoms with Crippen LogP contribution in [-0.4, -0.2) is 4.57 Å². The van der Waals surface area contributed by atoms with Gasteiger partial charge in [-0.3, -0.25) is 0 Å². The van der Waals surface area contributed by atoms with Crippen LogP contribution in [0.2, 0.25) is 0 Å². The van der Waals surface area contributed by atoms with E-state index in [4.69, 9.17) is 0 Å². The van der Waals surface area contributed by atoms with Crippen molar-refractivity contribution in [3.8, 4) is 61.3 Å². The maximum Gasteiger partial charge on any atom is 0.0714 e. The van der Waals surface area contributed by atoms with Crippen LogP contribution in [0.15, 0.2) is 285 Å². The number of hydrogen-bond acceptors (Lipinski definition) is 1. The molecule has 2 nitrogen and oxygen atoms in total. The first-order chi connectivity index (χ1) is 40.3. The summed E-state index contributed by atoms with van der Waals surface area (Å²) in [4.78, 5) is 2.44. The monoisotopic (exact) mass is 1050 g/mol. The van der Waals surface area contributed by atoms with Crippen LogP contribution >= 0.6 is 0 Å². The summed E-state index contributed by atoms with van der Waals surface area (Å²) in [5, 5.41) is 2.48. The molecule has 0 saturated heterocycles. The van der Waals surface area contributed by atoms with Gasteiger partial charge in [-0.25, -0.2) is 0 Å². The maximum absolute atomic E-state index is 2.49. The fourth-order valence-electron chi connectivity index (χ4n) is 14.0. The van der Waals surface area contributed by atoms with Crippen LogP contribution in [0.4, 0.5) is 17.1 Å². The largest absolute Gasteiger partial charge is 0.310 e. The fourth-order valence-corrected chi connectivity index (χ4v) is 14.0. The molecular weight excluding hydrogens is 989 g/mol. The second-order valence-corrected chi connectivity index (χ2v) is 23.2. The van der Waals surface area contributed by atoms with Crippen molar-refractivity contribution in [3.05, 3.63) is 324 Å². The zero-order valence-corrected chi connectivity index (χ0v) is 46.8. The molecule has 1 atom stereocenters. The Morgan fingerprint density at radius 3 is 1.35 bits per heavy atom. The average Bonchev–Trinajstić information content (AvgIpc) is 2.28. The van der Waals surface area contributed by atoms with E-state index >= 15 is 0 Å². The van der Waals surface area contributed by atoms with Crippen molar-refractivity contribution in [2.24, 2.45) is 0 Å². The lowest BCUT2D eigenvalue weighted by molar-refractivity contribution is 0.660. The topological polar surface area (TPSA) is 8.17 Å². The molecule has 0 spiro atoms. The van der Waals surface area contributed by atoms with Crippen LogP contribution in [0, 0.1) is 0 Å². The zero-order chi connectivity index (χ0) is 55.1. The highest BCUT2D eigenvalue weighted by Gasteiger charge is 2.46. The predicted octanol–water partition coefficient (Wildman–Crippen LogP) is 21.4. The summed E-state index contributed by atoms with van der Waals surface area (Å²) in [6.07, 6.45) is 1.12. The minimum Gasteiger partial charge on any atom is -0.310 e. The molecule has 15 rings (SSSR count). The van der Waals surface area contributed by atoms with Crippen LogP contribution in [0.1, 0.15) is 79.0 Å². The Morgan fingerprint density at radius 2 is 0.780 bits per heavy atom. The number of benzene rings is 12. The molecule has 0 N–H and O–H groups in total. The zero-order valence-electron chi connectivity index (χ0n) is 46.8. The third-order valence-electron chi connectivity index (χ3n) is 18.4. The molecule has 82 heavy (non-hydrogen) atoms. The number of anilines is 3. The average molecular weight is 1050 g/mol. The molecule has 0 bridgehead atoms. The fraction of sp³-hybridized carbons (Fsp3) is 0.100. The molecule has 2 heteroatoms. The summed E-state index contributed by atoms with van der Waals surface area (Å²) in [5.74, 6) is 0.527. The molecular formula is C80H62N2. The van der Waals surface area contributed by atoms with Gasteiger partial charge in [0.1, 0.15) is 0 Å². The number of fused-ring (bicyclic) bond motifs is 9. The van der Waals surface area contributed by atoms with E-state index in [-0.39, 0.29) is 5.41 Å². The van der Waals surface area contributed by atoms with Crippen molar-refractivity contribution < 1.29 is 0 Å². The van der Waals surface area contributed by atoms with E-state index in [0.29, 0.717) is 5.92 Å². The lowest BCUT2D eigenvalue weighted by Gasteiger charge is -2.35. The molecule has 0 fully saturated rings. The molecule has 0 amide bonds. The van der Waals surface area contributed by atoms with E-state index in [0.717, 1.165) is 29.0 Å². The van der Waals surface area contributed by atoms with Crippen LogP contribution in [0.3, 0.4) is 0 Å². The summed E-state index contributed by atoms with van der Waals surface area (Å²) in [5.41, 5.74) is 27.8. The van der Waals surface area contributed by atoms with Gasteiger partial charge in [0.2, 0.25) is 0 Å². The summed E-state index contributed by atoms with van der Waals surface area (Å²) < 4.78 is 2.49. The molecule has 1 aromatic heterocycles. The van der Waals surface area contributed by atoms with Crippen molar-refractivity contribution in [1.82, 2.24) is 4.57 Å². The second kappa shape index (κ2) is 19.5. The van der Waals surface area contributed by atoms with Crippen LogP contribution in [-0.2, 0) is 10.8 Å². The first-order valence-corrected chi connectivity index (χ1v) is 29.1. The Bertz CT molecular complexity index is 4510. The molecule has 2 aliphatic rings. The van der Waals surface area contributed by atoms with E-state index in [9.17, 15) is 0 Å². The lowest BCUT2D eigenvalue weighted by atomic mass is 9.67. The molecule has 12 aromatic carbocycles. The van der Waals surface area contributed by atoms with Crippen LogP contribution in [0.25, 0.3) is 83.1 Å². The summed E-state index contributed by atoms with van der Waals surface area (Å²) in [6, 6.07) is 107. The van der Waals surface area contributed by atoms with Crippen LogP contribution in [0.5, 0.6) is 0 Å². The Balaban J connectivity index is 0.872. The lowest BCUT2D eigenvalue weighted by Crippen LogP contribution is -2.28. The minimum atomic E-state index is -0.527. The van der Waals surface area contributed by atoms with E-state index in [1.807, 2.05) is 0 Å². The van der Waals surface area contributed by atoms with Crippen LogP contribution < -0.4 is 4.90 Å². The van der Waals surface area contributed by atoms with Gasteiger partial charge in [0.25, 0.3) is 0 Å². The summed E-state index contributed by atoms with van der Waals surface area (Å²) in [7, 11) is 0. The smallest absolute Gasteiger partial charge is 0.0714 e. The highest BCUT2D eigenvalue weighted by atomic mass is 15.1. The maximum atomic E-state index is 2.49. The van der Waals surface area contributed by atoms with Gasteiger partial charge in [0, 0.05) is 38.9 Å². The molecule has 0 aliphatic heterocycles. The molecule has 2 aliphatic carbocycles. The molecule has 0 saturated carbocycles. The number of rotatable bonds is 11. The molecule has 1 heterocycles. The van der Waals surface area contributed by atoms with E-state index < -0.39 is 5.41 Å². The van der Waals surface area contributed by atoms with Crippen molar-refractivity contribution in [1.29, 1.82) is 0 Å². The SMILES string of the molecule is CCC(C)c1ccc(-c2ccc3c(c2)c2cc(-c4ccc(N(c5ccc(-c6ccccc6)cc5)c5ccc6c(c5)C(c5ccccc5)(c5ccccc5)c5ccccc5-6)cc4)ccc2n3-c2ccc3c(c2)C(C)(C)c2ccccc2-3)cc1. The van der Waals surface area contributed by atoms with Crippen molar-refractivity contribution in [2.75, 3.05) is 4.90 Å². The normalized spacial score (nSPS) is 13.8. The molecule has 1 unspecified atom stereocenters. The Morgan fingerprint density at radius 1 is 0.354 bits per heavy atom. The van der Waals surface area contributed by atoms with Gasteiger partial charge in [-0.05, 0) is 180 Å². The van der Waals surface area contributed by atoms with Gasteiger partial charge in [-0.1, -0.05) is 240 Å². The summed E-state index contributed by atoms with van der Waals surface area (Å²) in [6.45, 7) is 9.33. The van der Waals surface area contributed by atoms with Gasteiger partial charge < -0.3 is 9.47 Å². The minimum absolute atomic E-state index is 0.114. The van der Waals surface area contributed by atoms with E-state index in [2.05, 4.69) is 322 Å². The van der Waals surface area contributed by atoms with Crippen molar-refractivity contribution >= 4 is 38.9 Å². The summed E-state index contributed by atoms with van der Waals surface area (Å²) >= 11 is 0. The highest BCUT2D eigenvalue weighted by Crippen LogP contribution is 2.58. The third kappa shape index (κ3) is 7.77. The van der Waals surface area contributed by atoms with Gasteiger partial charge in [0.05, 0.1) is 16.4 Å². The van der Waals surface area contributed by atoms with Crippen molar-refractivity contribution in [2.45, 2.75) is 50.9 Å². The second-order valence-electron chi connectivity index (χ2n) is 23.2. The standard InChI is InChI=1S/C80H62N2/c1-5-53(2)54-29-31-57(32-30-54)59-37-47-77-71(49-59)72-50-60(38-48-78(72)82(77)66-44-45-69-67-25-15-17-27-73(67)79(3,4)75(69)51-66)58-35-41-64(42-36-58)81(63-39-33-56(34-40-63)55-19-9-6-10-20-55)65-43-46-70-68-26-16-18-28-74(68)80(76(70)52-65,61-21-11-7-12-22-61)62-23-13-8-14-24-62/h6-53H,5H2,1-4H3. The first-order valence-electron chi connectivity index (χ1n) is 29.1. The van der Waals surface area contributed by atoms with Gasteiger partial charge in [-0.2, -0.15) is 0 Å². The Labute approximate surface area is 481 Å². The highest BCUT2D eigenvalue weighted by molar-refractivity contribution is 6.12. The number of aromatic nitrogens is 1. The third-order valence-corrected chi connectivity index (χ3v) is 18.4. The van der Waals surface area contributed by atoms with E-state index in [1.165, 1.54) is 117 Å². The van der Waals surface area contributed by atoms with Gasteiger partial charge in [-0.15, -0.1) is 0 Å². The molecule has 392 valence electrons.